The number of esters is 1. The van der Waals surface area contributed by atoms with Crippen molar-refractivity contribution < 1.29 is 49.3 Å². The van der Waals surface area contributed by atoms with Gasteiger partial charge < -0.3 is 45.1 Å². The van der Waals surface area contributed by atoms with Gasteiger partial charge in [0.05, 0.1) is 25.4 Å². The molecule has 11 heteroatoms. The van der Waals surface area contributed by atoms with Gasteiger partial charge in [-0.15, -0.1) is 0 Å². The number of unbranched alkanes of at least 4 members (excludes halogenated alkanes) is 28. The lowest BCUT2D eigenvalue weighted by Crippen LogP contribution is -2.61. The number of aliphatic hydroxyl groups is 5. The van der Waals surface area contributed by atoms with Crippen LogP contribution in [-0.4, -0.2) is 99.6 Å². The van der Waals surface area contributed by atoms with E-state index in [0.717, 1.165) is 64.2 Å². The minimum absolute atomic E-state index is 0.0694. The highest BCUT2D eigenvalue weighted by Gasteiger charge is 2.47. The third-order valence-electron chi connectivity index (χ3n) is 13.7. The van der Waals surface area contributed by atoms with E-state index in [0.29, 0.717) is 12.8 Å². The van der Waals surface area contributed by atoms with Crippen molar-refractivity contribution in [2.75, 3.05) is 13.2 Å². The zero-order chi connectivity index (χ0) is 54.0. The Morgan fingerprint density at radius 2 is 0.973 bits per heavy atom. The van der Waals surface area contributed by atoms with E-state index in [2.05, 4.69) is 38.2 Å². The summed E-state index contributed by atoms with van der Waals surface area (Å²) >= 11 is 0. The Labute approximate surface area is 451 Å². The average molecular weight is 1040 g/mol. The van der Waals surface area contributed by atoms with Gasteiger partial charge in [-0.25, -0.2) is 0 Å². The quantitative estimate of drug-likeness (QED) is 0.0149. The molecular weight excluding hydrogens is 931 g/mol. The van der Waals surface area contributed by atoms with E-state index in [-0.39, 0.29) is 19.4 Å². The van der Waals surface area contributed by atoms with Crippen LogP contribution in [0.15, 0.2) is 85.1 Å². The number of hydrogen-bond donors (Lipinski definition) is 6. The predicted molar refractivity (Wildman–Crippen MR) is 306 cm³/mol. The van der Waals surface area contributed by atoms with E-state index < -0.39 is 67.4 Å². The van der Waals surface area contributed by atoms with Crippen LogP contribution in [0.5, 0.6) is 0 Å². The largest absolute Gasteiger partial charge is 0.454 e. The molecule has 1 heterocycles. The van der Waals surface area contributed by atoms with Crippen LogP contribution in [0.3, 0.4) is 0 Å². The lowest BCUT2D eigenvalue weighted by molar-refractivity contribution is -0.305. The van der Waals surface area contributed by atoms with E-state index >= 15 is 0 Å². The Balaban J connectivity index is 2.74. The van der Waals surface area contributed by atoms with Crippen LogP contribution in [0.2, 0.25) is 0 Å². The molecule has 0 aromatic heterocycles. The number of allylic oxidation sites excluding steroid dienone is 13. The van der Waals surface area contributed by atoms with Crippen LogP contribution in [0.25, 0.3) is 0 Å². The SMILES string of the molecule is CC\C=C/C=C/C=C/C=C\C=C\C=C\CCCCCC(=O)OC1C(OCC(NC(=O)C(O)CCCCCCCCCCCCCCCCCC)C(O)/C=C/CCCCCCCCCCCC)OC(CO)C(O)C1O. The highest BCUT2D eigenvalue weighted by Crippen LogP contribution is 2.26. The molecule has 0 aromatic carbocycles. The molecule has 1 amide bonds. The second-order valence-electron chi connectivity index (χ2n) is 20.5. The second kappa shape index (κ2) is 50.6. The fraction of sp³-hybridized carbons (Fsp3) is 0.746. The third kappa shape index (κ3) is 38.4. The van der Waals surface area contributed by atoms with Crippen LogP contribution >= 0.6 is 0 Å². The van der Waals surface area contributed by atoms with Crippen LogP contribution in [0, 0.1) is 0 Å². The molecule has 1 saturated heterocycles. The maximum absolute atomic E-state index is 13.4. The molecule has 8 unspecified atom stereocenters. The van der Waals surface area contributed by atoms with Crippen LogP contribution in [0.4, 0.5) is 0 Å². The number of carbonyl (C=O) groups is 2. The Morgan fingerprint density at radius 3 is 1.46 bits per heavy atom. The Morgan fingerprint density at radius 1 is 0.541 bits per heavy atom. The Bertz CT molecular complexity index is 1520. The minimum Gasteiger partial charge on any atom is -0.454 e. The Hall–Kier alpha value is -3.16. The number of rotatable bonds is 49. The highest BCUT2D eigenvalue weighted by atomic mass is 16.7. The summed E-state index contributed by atoms with van der Waals surface area (Å²) in [7, 11) is 0. The van der Waals surface area contributed by atoms with Gasteiger partial charge in [0.1, 0.15) is 24.4 Å². The highest BCUT2D eigenvalue weighted by molar-refractivity contribution is 5.80. The molecule has 6 N–H and O–H groups in total. The van der Waals surface area contributed by atoms with Gasteiger partial charge in [-0.1, -0.05) is 273 Å². The van der Waals surface area contributed by atoms with Crippen LogP contribution in [0.1, 0.15) is 239 Å². The fourth-order valence-electron chi connectivity index (χ4n) is 8.98. The maximum atomic E-state index is 13.4. The van der Waals surface area contributed by atoms with E-state index in [1.165, 1.54) is 128 Å². The normalized spacial score (nSPS) is 19.9. The van der Waals surface area contributed by atoms with Gasteiger partial charge in [-0.2, -0.15) is 0 Å². The van der Waals surface area contributed by atoms with Crippen molar-refractivity contribution in [3.05, 3.63) is 85.1 Å². The van der Waals surface area contributed by atoms with Gasteiger partial charge in [-0.3, -0.25) is 9.59 Å². The van der Waals surface area contributed by atoms with Gasteiger partial charge in [0.2, 0.25) is 5.91 Å². The topological polar surface area (TPSA) is 175 Å². The van der Waals surface area contributed by atoms with Crippen molar-refractivity contribution in [3.63, 3.8) is 0 Å². The number of amides is 1. The zero-order valence-electron chi connectivity index (χ0n) is 46.9. The molecular formula is C63H109NO10. The molecule has 1 rings (SSSR count). The van der Waals surface area contributed by atoms with Gasteiger partial charge in [0.15, 0.2) is 12.4 Å². The van der Waals surface area contributed by atoms with Gasteiger partial charge >= 0.3 is 5.97 Å². The number of nitrogens with one attached hydrogen (secondary N) is 1. The lowest BCUT2D eigenvalue weighted by Gasteiger charge is -2.41. The van der Waals surface area contributed by atoms with Crippen molar-refractivity contribution >= 4 is 11.9 Å². The summed E-state index contributed by atoms with van der Waals surface area (Å²) < 4.78 is 17.5. The van der Waals surface area contributed by atoms with E-state index in [1.54, 1.807) is 6.08 Å². The van der Waals surface area contributed by atoms with Crippen LogP contribution in [-0.2, 0) is 23.8 Å². The number of hydrogen-bond acceptors (Lipinski definition) is 10. The molecule has 74 heavy (non-hydrogen) atoms. The van der Waals surface area contributed by atoms with Crippen molar-refractivity contribution in [1.29, 1.82) is 0 Å². The molecule has 0 spiro atoms. The van der Waals surface area contributed by atoms with E-state index in [9.17, 15) is 35.1 Å². The predicted octanol–water partition coefficient (Wildman–Crippen LogP) is 13.8. The van der Waals surface area contributed by atoms with Crippen molar-refractivity contribution in [1.82, 2.24) is 5.32 Å². The molecule has 426 valence electrons. The van der Waals surface area contributed by atoms with E-state index in [1.807, 2.05) is 66.8 Å². The summed E-state index contributed by atoms with van der Waals surface area (Å²) in [5.74, 6) is -1.24. The molecule has 0 bridgehead atoms. The summed E-state index contributed by atoms with van der Waals surface area (Å²) in [6, 6.07) is -1.04. The summed E-state index contributed by atoms with van der Waals surface area (Å²) in [5, 5.41) is 56.9. The average Bonchev–Trinajstić information content (AvgIpc) is 3.40. The second-order valence-corrected chi connectivity index (χ2v) is 20.5. The summed E-state index contributed by atoms with van der Waals surface area (Å²) in [4.78, 5) is 26.5. The summed E-state index contributed by atoms with van der Waals surface area (Å²) in [5.41, 5.74) is 0. The number of carbonyl (C=O) groups excluding carboxylic acids is 2. The first-order valence-electron chi connectivity index (χ1n) is 29.9. The number of ether oxygens (including phenoxy) is 3. The molecule has 1 fully saturated rings. The molecule has 0 aromatic rings. The fourth-order valence-corrected chi connectivity index (χ4v) is 8.98. The summed E-state index contributed by atoms with van der Waals surface area (Å²) in [6.07, 6.45) is 54.7. The van der Waals surface area contributed by atoms with Gasteiger partial charge in [0, 0.05) is 6.42 Å². The first kappa shape index (κ1) is 68.9. The molecule has 0 radical (unpaired) electrons. The lowest BCUT2D eigenvalue weighted by atomic mass is 9.99. The molecule has 11 nitrogen and oxygen atoms in total. The van der Waals surface area contributed by atoms with Crippen molar-refractivity contribution in [3.8, 4) is 0 Å². The number of aliphatic hydroxyl groups excluding tert-OH is 5. The first-order chi connectivity index (χ1) is 36.2. The van der Waals surface area contributed by atoms with Crippen molar-refractivity contribution in [2.24, 2.45) is 0 Å². The summed E-state index contributed by atoms with van der Waals surface area (Å²) in [6.45, 7) is 5.62. The molecule has 8 atom stereocenters. The molecule has 0 saturated carbocycles. The minimum atomic E-state index is -1.64. The monoisotopic (exact) mass is 1040 g/mol. The smallest absolute Gasteiger partial charge is 0.306 e. The zero-order valence-corrected chi connectivity index (χ0v) is 46.9. The Kier molecular flexibility index (Phi) is 47.1. The molecule has 1 aliphatic rings. The molecule has 1 aliphatic heterocycles. The van der Waals surface area contributed by atoms with Crippen LogP contribution < -0.4 is 5.32 Å². The van der Waals surface area contributed by atoms with Gasteiger partial charge in [-0.05, 0) is 44.9 Å². The van der Waals surface area contributed by atoms with Gasteiger partial charge in [0.25, 0.3) is 0 Å². The maximum Gasteiger partial charge on any atom is 0.306 e. The standard InChI is InChI=1S/C63H109NO10/c1-4-7-10-13-16-19-22-25-27-29-31-33-36-39-42-45-48-51-58(68)74-61-60(70)59(69)57(52-65)73-63(61)72-53-54(55(66)49-46-43-40-37-34-24-21-18-15-12-9-6-3)64-62(71)56(67)50-47-44-41-38-35-32-30-28-26-23-20-17-14-11-8-5-2/h7,10,13,16,19,22,25,27,29,31,33,36,46,49,54-57,59-61,63,65-67,69-70H,4-6,8-9,11-12,14-15,17-18,20-21,23-24,26,28,30,32,34-35,37-45,47-48,50-53H2,1-3H3,(H,64,71)/b10-7-,16-13+,22-19+,27-25-,31-29+,36-33+,49-46+. The molecule has 0 aliphatic carbocycles. The van der Waals surface area contributed by atoms with E-state index in [4.69, 9.17) is 14.2 Å². The first-order valence-corrected chi connectivity index (χ1v) is 29.9. The van der Waals surface area contributed by atoms with Crippen molar-refractivity contribution in [2.45, 2.75) is 288 Å². The third-order valence-corrected chi connectivity index (χ3v) is 13.7.